The fourth-order valence-electron chi connectivity index (χ4n) is 6.07. The van der Waals surface area contributed by atoms with Gasteiger partial charge in [0.1, 0.15) is 0 Å². The quantitative estimate of drug-likeness (QED) is 0.287. The summed E-state index contributed by atoms with van der Waals surface area (Å²) in [6.45, 7) is 9.69. The SMILES string of the molecule is CCCC1(CC2=Cc3c(-c4ccc([Si](C)(C)C)cc4)cccc3[CH]2[Zn])CCCCCC1. The van der Waals surface area contributed by atoms with Crippen molar-refractivity contribution in [3.63, 3.8) is 0 Å². The van der Waals surface area contributed by atoms with Gasteiger partial charge in [0.15, 0.2) is 0 Å². The minimum atomic E-state index is -1.25. The van der Waals surface area contributed by atoms with Gasteiger partial charge in [0.2, 0.25) is 0 Å². The molecule has 1 atom stereocenters. The molecule has 0 nitrogen and oxygen atoms in total. The number of rotatable bonds is 6. The predicted molar refractivity (Wildman–Crippen MR) is 135 cm³/mol. The second-order valence-electron chi connectivity index (χ2n) is 11.2. The van der Waals surface area contributed by atoms with Crippen LogP contribution in [0.1, 0.15) is 80.4 Å². The second kappa shape index (κ2) is 9.48. The van der Waals surface area contributed by atoms with Crippen LogP contribution in [-0.2, 0) is 18.3 Å². The van der Waals surface area contributed by atoms with E-state index >= 15 is 0 Å². The van der Waals surface area contributed by atoms with E-state index in [0.717, 1.165) is 0 Å². The molecular weight excluding hydrogens is 442 g/mol. The van der Waals surface area contributed by atoms with Crippen LogP contribution in [0.3, 0.4) is 0 Å². The Labute approximate surface area is 201 Å². The Balaban J connectivity index is 1.66. The summed E-state index contributed by atoms with van der Waals surface area (Å²) >= 11 is 1.35. The molecule has 0 bridgehead atoms. The standard InChI is InChI=1S/C29H39Si.Zn/c1-5-17-29(18-8-6-7-9-19-29)22-23-20-25-11-10-12-27(28(25)21-23)24-13-15-26(16-14-24)30(2,3)4;/h10-16,20-21H,5-9,17-19,22H2,1-4H3;. The van der Waals surface area contributed by atoms with E-state index in [1.165, 1.54) is 92.8 Å². The summed E-state index contributed by atoms with van der Waals surface area (Å²) in [6, 6.07) is 16.6. The first-order valence-corrected chi connectivity index (χ1v) is 17.8. The average molecular weight is 481 g/mol. The van der Waals surface area contributed by atoms with Gasteiger partial charge in [-0.1, -0.05) is 0 Å². The molecule has 2 aromatic rings. The van der Waals surface area contributed by atoms with Crippen molar-refractivity contribution in [2.45, 2.75) is 88.9 Å². The summed E-state index contributed by atoms with van der Waals surface area (Å²) in [5, 5.41) is 1.55. The number of hydrogen-bond acceptors (Lipinski definition) is 0. The van der Waals surface area contributed by atoms with E-state index in [1.807, 2.05) is 0 Å². The van der Waals surface area contributed by atoms with Crippen LogP contribution in [0.25, 0.3) is 17.2 Å². The molecule has 31 heavy (non-hydrogen) atoms. The topological polar surface area (TPSA) is 0 Å². The van der Waals surface area contributed by atoms with Crippen molar-refractivity contribution in [3.05, 3.63) is 59.2 Å². The fourth-order valence-corrected chi connectivity index (χ4v) is 8.53. The average Bonchev–Trinajstić information content (AvgIpc) is 2.90. The number of allylic oxidation sites excluding steroid dienone is 1. The molecule has 0 N–H and O–H groups in total. The van der Waals surface area contributed by atoms with Gasteiger partial charge in [-0.3, -0.25) is 0 Å². The Hall–Kier alpha value is -0.980. The number of fused-ring (bicyclic) bond motifs is 1. The summed E-state index contributed by atoms with van der Waals surface area (Å²) in [7, 11) is -1.25. The van der Waals surface area contributed by atoms with Crippen LogP contribution >= 0.6 is 0 Å². The normalized spacial score (nSPS) is 20.8. The van der Waals surface area contributed by atoms with Gasteiger partial charge in [0.05, 0.1) is 0 Å². The van der Waals surface area contributed by atoms with Gasteiger partial charge in [-0.2, -0.15) is 0 Å². The maximum absolute atomic E-state index is 2.62. The van der Waals surface area contributed by atoms with E-state index in [-0.39, 0.29) is 0 Å². The molecule has 0 amide bonds. The van der Waals surface area contributed by atoms with Crippen LogP contribution in [-0.4, -0.2) is 8.07 Å². The van der Waals surface area contributed by atoms with Crippen LogP contribution in [0.5, 0.6) is 0 Å². The molecule has 0 radical (unpaired) electrons. The molecule has 0 aromatic heterocycles. The third-order valence-electron chi connectivity index (χ3n) is 7.88. The minimum absolute atomic E-state index is 0.568. The monoisotopic (exact) mass is 479 g/mol. The summed E-state index contributed by atoms with van der Waals surface area (Å²) < 4.78 is 0.688. The van der Waals surface area contributed by atoms with E-state index in [2.05, 4.69) is 75.1 Å². The molecule has 2 aliphatic carbocycles. The second-order valence-corrected chi connectivity index (χ2v) is 18.0. The Morgan fingerprint density at radius 1 is 0.935 bits per heavy atom. The van der Waals surface area contributed by atoms with E-state index in [9.17, 15) is 0 Å². The zero-order chi connectivity index (χ0) is 22.1. The molecule has 2 heteroatoms. The van der Waals surface area contributed by atoms with Crippen molar-refractivity contribution in [1.82, 2.24) is 0 Å². The molecule has 0 spiro atoms. The van der Waals surface area contributed by atoms with Gasteiger partial charge in [-0.05, 0) is 0 Å². The Morgan fingerprint density at radius 2 is 1.61 bits per heavy atom. The molecule has 2 aliphatic rings. The Bertz CT molecular complexity index is 924. The van der Waals surface area contributed by atoms with Crippen LogP contribution in [0.4, 0.5) is 0 Å². The van der Waals surface area contributed by atoms with Crippen molar-refractivity contribution in [1.29, 1.82) is 0 Å². The van der Waals surface area contributed by atoms with Crippen molar-refractivity contribution < 1.29 is 18.3 Å². The summed E-state index contributed by atoms with van der Waals surface area (Å²) in [5.41, 5.74) is 8.27. The third-order valence-corrected chi connectivity index (χ3v) is 12.0. The van der Waals surface area contributed by atoms with Gasteiger partial charge >= 0.3 is 202 Å². The summed E-state index contributed by atoms with van der Waals surface area (Å²) in [5.74, 6) is 0. The molecule has 1 fully saturated rings. The molecule has 4 rings (SSSR count). The van der Waals surface area contributed by atoms with Crippen molar-refractivity contribution in [2.75, 3.05) is 0 Å². The van der Waals surface area contributed by atoms with E-state index < -0.39 is 8.07 Å². The van der Waals surface area contributed by atoms with Gasteiger partial charge in [0, 0.05) is 0 Å². The zero-order valence-electron chi connectivity index (χ0n) is 20.3. The van der Waals surface area contributed by atoms with Gasteiger partial charge < -0.3 is 0 Å². The zero-order valence-corrected chi connectivity index (χ0v) is 24.2. The fraction of sp³-hybridized carbons (Fsp3) is 0.517. The van der Waals surface area contributed by atoms with Gasteiger partial charge in [-0.25, -0.2) is 0 Å². The molecule has 0 saturated heterocycles. The van der Waals surface area contributed by atoms with E-state index in [0.29, 0.717) is 9.93 Å². The molecule has 0 aliphatic heterocycles. The molecule has 2 aromatic carbocycles. The van der Waals surface area contributed by atoms with Crippen molar-refractivity contribution in [2.24, 2.45) is 5.41 Å². The van der Waals surface area contributed by atoms with Crippen LogP contribution in [0, 0.1) is 5.41 Å². The van der Waals surface area contributed by atoms with Crippen molar-refractivity contribution >= 4 is 19.3 Å². The molecule has 1 saturated carbocycles. The third kappa shape index (κ3) is 5.01. The first-order chi connectivity index (χ1) is 14.8. The predicted octanol–water partition coefficient (Wildman–Crippen LogP) is 8.41. The van der Waals surface area contributed by atoms with Gasteiger partial charge in [-0.15, -0.1) is 0 Å². The van der Waals surface area contributed by atoms with Crippen LogP contribution in [0.15, 0.2) is 48.0 Å². The number of benzene rings is 2. The van der Waals surface area contributed by atoms with Gasteiger partial charge in [0.25, 0.3) is 0 Å². The van der Waals surface area contributed by atoms with E-state index in [4.69, 9.17) is 0 Å². The Morgan fingerprint density at radius 3 is 2.23 bits per heavy atom. The first kappa shape index (κ1) is 23.2. The van der Waals surface area contributed by atoms with E-state index in [1.54, 1.807) is 16.3 Å². The molecule has 1 unspecified atom stereocenters. The maximum atomic E-state index is 2.62. The molecule has 0 heterocycles. The van der Waals surface area contributed by atoms with Crippen LogP contribution < -0.4 is 5.19 Å². The summed E-state index contributed by atoms with van der Waals surface area (Å²) in [6.07, 6.45) is 15.4. The number of hydrogen-bond donors (Lipinski definition) is 0. The first-order valence-electron chi connectivity index (χ1n) is 12.6. The Kier molecular flexibility index (Phi) is 7.09. The summed E-state index contributed by atoms with van der Waals surface area (Å²) in [4.78, 5) is 0. The molecular formula is C29H39SiZn. The van der Waals surface area contributed by atoms with Crippen LogP contribution in [0.2, 0.25) is 19.6 Å². The molecule has 161 valence electrons. The van der Waals surface area contributed by atoms with Crippen molar-refractivity contribution in [3.8, 4) is 11.1 Å².